The number of hydrogen-bond acceptors (Lipinski definition) is 2. The molecule has 1 N–H and O–H groups in total. The number of fused-ring (bicyclic) bond motifs is 1. The Morgan fingerprint density at radius 2 is 1.94 bits per heavy atom. The van der Waals surface area contributed by atoms with E-state index in [9.17, 15) is 18.7 Å². The zero-order chi connectivity index (χ0) is 12.8. The third-order valence-electron chi connectivity index (χ3n) is 2.86. The van der Waals surface area contributed by atoms with Crippen molar-refractivity contribution < 1.29 is 18.7 Å². The molecule has 0 unspecified atom stereocenters. The van der Waals surface area contributed by atoms with E-state index >= 15 is 0 Å². The molecule has 0 bridgehead atoms. The third-order valence-corrected chi connectivity index (χ3v) is 2.86. The summed E-state index contributed by atoms with van der Waals surface area (Å²) in [5.41, 5.74) is -0.0174. The molecule has 1 aliphatic rings. The van der Waals surface area contributed by atoms with Gasteiger partial charge in [0.05, 0.1) is 0 Å². The fraction of sp³-hybridized carbons (Fsp3) is 0.308. The number of carbonyl (C=O) groups is 1. The van der Waals surface area contributed by atoms with Gasteiger partial charge in [-0.05, 0) is 29.7 Å². The highest BCUT2D eigenvalue weighted by molar-refractivity contribution is 6.08. The van der Waals surface area contributed by atoms with Gasteiger partial charge in [0, 0.05) is 11.1 Å². The SMILES string of the molecule is CC(C)C1=Cc2ccc(O)cc2C(F)(F)C1=O. The molecule has 2 rings (SSSR count). The van der Waals surface area contributed by atoms with E-state index in [1.54, 1.807) is 13.8 Å². The molecule has 0 fully saturated rings. The van der Waals surface area contributed by atoms with Crippen LogP contribution in [0, 0.1) is 5.92 Å². The van der Waals surface area contributed by atoms with Gasteiger partial charge in [0.15, 0.2) is 0 Å². The first-order valence-electron chi connectivity index (χ1n) is 5.31. The summed E-state index contributed by atoms with van der Waals surface area (Å²) < 4.78 is 27.8. The van der Waals surface area contributed by atoms with Crippen molar-refractivity contribution in [2.75, 3.05) is 0 Å². The van der Waals surface area contributed by atoms with E-state index in [2.05, 4.69) is 0 Å². The van der Waals surface area contributed by atoms with Gasteiger partial charge in [-0.2, -0.15) is 8.78 Å². The Morgan fingerprint density at radius 3 is 2.53 bits per heavy atom. The lowest BCUT2D eigenvalue weighted by Crippen LogP contribution is -2.32. The topological polar surface area (TPSA) is 37.3 Å². The van der Waals surface area contributed by atoms with Crippen molar-refractivity contribution in [1.29, 1.82) is 0 Å². The number of phenolic OH excluding ortho intramolecular Hbond substituents is 1. The van der Waals surface area contributed by atoms with Crippen LogP contribution in [0.15, 0.2) is 23.8 Å². The number of benzene rings is 1. The number of Topliss-reactive ketones (excluding diaryl/α,β-unsaturated/α-hetero) is 1. The molecular formula is C13H12F2O2. The number of aromatic hydroxyl groups is 1. The van der Waals surface area contributed by atoms with E-state index in [4.69, 9.17) is 0 Å². The van der Waals surface area contributed by atoms with Crippen LogP contribution in [-0.4, -0.2) is 10.9 Å². The van der Waals surface area contributed by atoms with Crippen LogP contribution >= 0.6 is 0 Å². The molecule has 1 aliphatic carbocycles. The molecule has 0 heterocycles. The molecule has 0 atom stereocenters. The zero-order valence-electron chi connectivity index (χ0n) is 9.50. The molecule has 2 nitrogen and oxygen atoms in total. The number of phenols is 1. The quantitative estimate of drug-likeness (QED) is 0.816. The Labute approximate surface area is 97.6 Å². The molecular weight excluding hydrogens is 226 g/mol. The second-order valence-electron chi connectivity index (χ2n) is 4.43. The third kappa shape index (κ3) is 1.73. The number of rotatable bonds is 1. The lowest BCUT2D eigenvalue weighted by molar-refractivity contribution is -0.140. The summed E-state index contributed by atoms with van der Waals surface area (Å²) in [5, 5.41) is 9.22. The summed E-state index contributed by atoms with van der Waals surface area (Å²) in [4.78, 5) is 11.7. The summed E-state index contributed by atoms with van der Waals surface area (Å²) >= 11 is 0. The van der Waals surface area contributed by atoms with Gasteiger partial charge in [-0.3, -0.25) is 4.79 Å². The average molecular weight is 238 g/mol. The Balaban J connectivity index is 2.69. The molecule has 0 aromatic heterocycles. The molecule has 0 spiro atoms. The average Bonchev–Trinajstić information content (AvgIpc) is 2.24. The van der Waals surface area contributed by atoms with Crippen molar-refractivity contribution in [3.8, 4) is 5.75 Å². The number of hydrogen-bond donors (Lipinski definition) is 1. The summed E-state index contributed by atoms with van der Waals surface area (Å²) in [7, 11) is 0. The molecule has 0 saturated carbocycles. The summed E-state index contributed by atoms with van der Waals surface area (Å²) in [6.45, 7) is 3.40. The predicted molar refractivity (Wildman–Crippen MR) is 59.8 cm³/mol. The number of carbonyl (C=O) groups excluding carboxylic acids is 1. The fourth-order valence-corrected chi connectivity index (χ4v) is 1.91. The molecule has 0 aliphatic heterocycles. The van der Waals surface area contributed by atoms with Crippen LogP contribution in [0.5, 0.6) is 5.75 Å². The van der Waals surface area contributed by atoms with Crippen molar-refractivity contribution in [3.63, 3.8) is 0 Å². The second kappa shape index (κ2) is 3.65. The minimum Gasteiger partial charge on any atom is -0.508 e. The van der Waals surface area contributed by atoms with Gasteiger partial charge in [0.2, 0.25) is 5.78 Å². The highest BCUT2D eigenvalue weighted by atomic mass is 19.3. The normalized spacial score (nSPS) is 17.9. The molecule has 4 heteroatoms. The lowest BCUT2D eigenvalue weighted by atomic mass is 9.83. The van der Waals surface area contributed by atoms with Crippen LogP contribution in [0.3, 0.4) is 0 Å². The van der Waals surface area contributed by atoms with Crippen LogP contribution in [0.2, 0.25) is 0 Å². The number of alkyl halides is 2. The molecule has 1 aromatic carbocycles. The van der Waals surface area contributed by atoms with Gasteiger partial charge >= 0.3 is 5.92 Å². The smallest absolute Gasteiger partial charge is 0.335 e. The summed E-state index contributed by atoms with van der Waals surface area (Å²) in [6, 6.07) is 3.67. The maximum absolute atomic E-state index is 13.9. The van der Waals surface area contributed by atoms with Gasteiger partial charge in [-0.15, -0.1) is 0 Å². The minimum atomic E-state index is -3.55. The molecule has 90 valence electrons. The van der Waals surface area contributed by atoms with Gasteiger partial charge < -0.3 is 5.11 Å². The summed E-state index contributed by atoms with van der Waals surface area (Å²) in [5.74, 6) is -5.25. The van der Waals surface area contributed by atoms with E-state index in [1.165, 1.54) is 18.2 Å². The Morgan fingerprint density at radius 1 is 1.29 bits per heavy atom. The maximum atomic E-state index is 13.9. The van der Waals surface area contributed by atoms with Gasteiger partial charge in [0.25, 0.3) is 0 Å². The first-order valence-corrected chi connectivity index (χ1v) is 5.31. The molecule has 1 aromatic rings. The summed E-state index contributed by atoms with van der Waals surface area (Å²) in [6.07, 6.45) is 1.47. The number of allylic oxidation sites excluding steroid dienone is 1. The van der Waals surface area contributed by atoms with E-state index in [0.717, 1.165) is 6.07 Å². The Hall–Kier alpha value is -1.71. The first-order chi connectivity index (χ1) is 7.84. The van der Waals surface area contributed by atoms with Crippen LogP contribution in [0.25, 0.3) is 6.08 Å². The second-order valence-corrected chi connectivity index (χ2v) is 4.43. The van der Waals surface area contributed by atoms with Gasteiger partial charge in [-0.1, -0.05) is 19.9 Å². The van der Waals surface area contributed by atoms with Crippen molar-refractivity contribution in [2.24, 2.45) is 5.92 Å². The van der Waals surface area contributed by atoms with Gasteiger partial charge in [-0.25, -0.2) is 0 Å². The monoisotopic (exact) mass is 238 g/mol. The first kappa shape index (κ1) is 11.8. The lowest BCUT2D eigenvalue weighted by Gasteiger charge is -2.25. The van der Waals surface area contributed by atoms with Crippen molar-refractivity contribution in [2.45, 2.75) is 19.8 Å². The van der Waals surface area contributed by atoms with Crippen molar-refractivity contribution >= 4 is 11.9 Å². The zero-order valence-corrected chi connectivity index (χ0v) is 9.50. The largest absolute Gasteiger partial charge is 0.508 e. The van der Waals surface area contributed by atoms with Gasteiger partial charge in [0.1, 0.15) is 5.75 Å². The van der Waals surface area contributed by atoms with Crippen LogP contribution in [0.1, 0.15) is 25.0 Å². The maximum Gasteiger partial charge on any atom is 0.335 e. The van der Waals surface area contributed by atoms with Crippen LogP contribution in [-0.2, 0) is 10.7 Å². The minimum absolute atomic E-state index is 0.119. The van der Waals surface area contributed by atoms with E-state index in [1.807, 2.05) is 0 Å². The number of halogens is 2. The molecule has 0 saturated heterocycles. The Bertz CT molecular complexity index is 516. The van der Waals surface area contributed by atoms with Crippen molar-refractivity contribution in [3.05, 3.63) is 34.9 Å². The molecule has 0 radical (unpaired) electrons. The van der Waals surface area contributed by atoms with Crippen LogP contribution < -0.4 is 0 Å². The standard InChI is InChI=1S/C13H12F2O2/c1-7(2)10-5-8-3-4-9(16)6-11(8)13(14,15)12(10)17/h3-7,16H,1-2H3. The molecule has 0 amide bonds. The fourth-order valence-electron chi connectivity index (χ4n) is 1.91. The Kier molecular flexibility index (Phi) is 2.53. The highest BCUT2D eigenvalue weighted by Crippen LogP contribution is 2.41. The highest BCUT2D eigenvalue weighted by Gasteiger charge is 2.46. The molecule has 17 heavy (non-hydrogen) atoms. The van der Waals surface area contributed by atoms with E-state index in [-0.39, 0.29) is 22.8 Å². The van der Waals surface area contributed by atoms with E-state index < -0.39 is 17.3 Å². The van der Waals surface area contributed by atoms with Crippen LogP contribution in [0.4, 0.5) is 8.78 Å². The van der Waals surface area contributed by atoms with Crippen molar-refractivity contribution in [1.82, 2.24) is 0 Å². The number of ketones is 1. The predicted octanol–water partition coefficient (Wildman–Crippen LogP) is 3.11. The van der Waals surface area contributed by atoms with E-state index in [0.29, 0.717) is 0 Å².